The number of phenolic OH excluding ortho intramolecular Hbond substituents is 1. The first-order valence-corrected chi connectivity index (χ1v) is 5.35. The Labute approximate surface area is 94.7 Å². The Morgan fingerprint density at radius 1 is 1.29 bits per heavy atom. The molecule has 0 heterocycles. The normalized spacial score (nSPS) is 11.8. The molecule has 1 aromatic rings. The minimum atomic E-state index is 0.0121. The highest BCUT2D eigenvalue weighted by atomic mass is 35.5. The maximum Gasteiger partial charge on any atom is 0.138 e. The third kappa shape index (κ3) is 2.34. The van der Waals surface area contributed by atoms with Crippen molar-refractivity contribution in [3.63, 3.8) is 0 Å². The van der Waals surface area contributed by atoms with Crippen molar-refractivity contribution >= 4 is 23.2 Å². The third-order valence-corrected chi connectivity index (χ3v) is 2.73. The Kier molecular flexibility index (Phi) is 3.33. The van der Waals surface area contributed by atoms with Crippen LogP contribution in [-0.4, -0.2) is 5.11 Å². The molecule has 78 valence electrons. The zero-order valence-corrected chi connectivity index (χ0v) is 10.1. The quantitative estimate of drug-likeness (QED) is 0.724. The average molecular weight is 233 g/mol. The van der Waals surface area contributed by atoms with Gasteiger partial charge in [-0.1, -0.05) is 38.4 Å². The molecule has 1 rings (SSSR count). The predicted molar refractivity (Wildman–Crippen MR) is 61.4 cm³/mol. The van der Waals surface area contributed by atoms with Gasteiger partial charge < -0.3 is 5.11 Å². The van der Waals surface area contributed by atoms with Gasteiger partial charge in [0.2, 0.25) is 0 Å². The highest BCUT2D eigenvalue weighted by molar-refractivity contribution is 6.32. The van der Waals surface area contributed by atoms with Gasteiger partial charge in [0.15, 0.2) is 0 Å². The molecule has 0 aliphatic carbocycles. The van der Waals surface area contributed by atoms with E-state index in [0.717, 1.165) is 5.56 Å². The lowest BCUT2D eigenvalue weighted by Gasteiger charge is -2.20. The van der Waals surface area contributed by atoms with Crippen LogP contribution in [0.5, 0.6) is 5.75 Å². The molecule has 0 saturated carbocycles. The van der Waals surface area contributed by atoms with Gasteiger partial charge in [-0.3, -0.25) is 0 Å². The molecule has 0 radical (unpaired) electrons. The molecule has 0 amide bonds. The van der Waals surface area contributed by atoms with Crippen molar-refractivity contribution in [2.75, 3.05) is 0 Å². The minimum absolute atomic E-state index is 0.0121. The molecule has 0 aromatic heterocycles. The third-order valence-electron chi connectivity index (χ3n) is 2.15. The summed E-state index contributed by atoms with van der Waals surface area (Å²) in [5, 5.41) is 9.94. The van der Waals surface area contributed by atoms with E-state index < -0.39 is 0 Å². The summed E-state index contributed by atoms with van der Waals surface area (Å²) in [6, 6.07) is 3.68. The Morgan fingerprint density at radius 2 is 1.86 bits per heavy atom. The van der Waals surface area contributed by atoms with E-state index in [2.05, 4.69) is 20.8 Å². The Hall–Kier alpha value is -0.400. The molecule has 14 heavy (non-hydrogen) atoms. The highest BCUT2D eigenvalue weighted by Gasteiger charge is 2.17. The fourth-order valence-corrected chi connectivity index (χ4v) is 1.63. The van der Waals surface area contributed by atoms with Gasteiger partial charge in [-0.25, -0.2) is 0 Å². The largest absolute Gasteiger partial charge is 0.506 e. The number of benzene rings is 1. The van der Waals surface area contributed by atoms with Crippen LogP contribution in [0.15, 0.2) is 12.1 Å². The summed E-state index contributed by atoms with van der Waals surface area (Å²) >= 11 is 11.6. The first kappa shape index (κ1) is 11.7. The molecule has 1 nitrogen and oxygen atoms in total. The van der Waals surface area contributed by atoms with Crippen LogP contribution in [0.3, 0.4) is 0 Å². The highest BCUT2D eigenvalue weighted by Crippen LogP contribution is 2.34. The number of phenols is 1. The first-order chi connectivity index (χ1) is 6.36. The second kappa shape index (κ2) is 4.00. The zero-order chi connectivity index (χ0) is 10.9. The summed E-state index contributed by atoms with van der Waals surface area (Å²) in [7, 11) is 0. The second-order valence-corrected chi connectivity index (χ2v) is 5.02. The second-order valence-electron chi connectivity index (χ2n) is 4.35. The number of hydrogen-bond donors (Lipinski definition) is 1. The van der Waals surface area contributed by atoms with Gasteiger partial charge in [0.05, 0.1) is 10.9 Å². The van der Waals surface area contributed by atoms with Crippen molar-refractivity contribution in [2.45, 2.75) is 32.1 Å². The monoisotopic (exact) mass is 232 g/mol. The van der Waals surface area contributed by atoms with Gasteiger partial charge in [0, 0.05) is 5.56 Å². The Balaban J connectivity index is 3.30. The summed E-state index contributed by atoms with van der Waals surface area (Å²) < 4.78 is 0. The molecule has 0 spiro atoms. The summed E-state index contributed by atoms with van der Waals surface area (Å²) in [5.41, 5.74) is 1.78. The van der Waals surface area contributed by atoms with Crippen molar-refractivity contribution in [3.8, 4) is 5.75 Å². The lowest BCUT2D eigenvalue weighted by Crippen LogP contribution is -2.11. The van der Waals surface area contributed by atoms with E-state index in [0.29, 0.717) is 10.6 Å². The standard InChI is InChI=1S/C11H14Cl2O/c1-11(2,3)8-4-7(6-12)10(14)9(13)5-8/h4-5,14H,6H2,1-3H3. The summed E-state index contributed by atoms with van der Waals surface area (Å²) in [6.45, 7) is 6.27. The summed E-state index contributed by atoms with van der Waals surface area (Å²) in [5.74, 6) is 0.366. The molecule has 3 heteroatoms. The number of halogens is 2. The fourth-order valence-electron chi connectivity index (χ4n) is 1.19. The van der Waals surface area contributed by atoms with Crippen LogP contribution in [0, 0.1) is 0 Å². The van der Waals surface area contributed by atoms with E-state index in [9.17, 15) is 5.11 Å². The van der Waals surface area contributed by atoms with Crippen LogP contribution in [0.25, 0.3) is 0 Å². The topological polar surface area (TPSA) is 20.2 Å². The minimum Gasteiger partial charge on any atom is -0.506 e. The molecule has 0 aliphatic rings. The van der Waals surface area contributed by atoms with Crippen molar-refractivity contribution in [1.29, 1.82) is 0 Å². The number of rotatable bonds is 1. The lowest BCUT2D eigenvalue weighted by molar-refractivity contribution is 0.469. The fraction of sp³-hybridized carbons (Fsp3) is 0.455. The zero-order valence-electron chi connectivity index (χ0n) is 8.56. The number of aromatic hydroxyl groups is 1. The van der Waals surface area contributed by atoms with Gasteiger partial charge in [0.1, 0.15) is 5.75 Å². The van der Waals surface area contributed by atoms with E-state index in [1.54, 1.807) is 6.07 Å². The summed E-state index contributed by atoms with van der Waals surface area (Å²) in [4.78, 5) is 0. The van der Waals surface area contributed by atoms with Gasteiger partial charge in [-0.05, 0) is 17.0 Å². The van der Waals surface area contributed by atoms with Gasteiger partial charge in [-0.15, -0.1) is 11.6 Å². The van der Waals surface area contributed by atoms with Crippen LogP contribution in [-0.2, 0) is 11.3 Å². The number of alkyl halides is 1. The maximum atomic E-state index is 9.57. The van der Waals surface area contributed by atoms with E-state index in [4.69, 9.17) is 23.2 Å². The van der Waals surface area contributed by atoms with Crippen molar-refractivity contribution in [2.24, 2.45) is 0 Å². The Bertz CT molecular complexity index is 340. The molecular formula is C11H14Cl2O. The molecular weight excluding hydrogens is 219 g/mol. The molecule has 0 aliphatic heterocycles. The summed E-state index contributed by atoms with van der Waals surface area (Å²) in [6.07, 6.45) is 0. The van der Waals surface area contributed by atoms with Crippen LogP contribution >= 0.6 is 23.2 Å². The Morgan fingerprint density at radius 3 is 2.29 bits per heavy atom. The van der Waals surface area contributed by atoms with Crippen molar-refractivity contribution in [3.05, 3.63) is 28.3 Å². The molecule has 0 saturated heterocycles. The van der Waals surface area contributed by atoms with Gasteiger partial charge in [0.25, 0.3) is 0 Å². The smallest absolute Gasteiger partial charge is 0.138 e. The molecule has 1 aromatic carbocycles. The van der Waals surface area contributed by atoms with E-state index in [-0.39, 0.29) is 17.0 Å². The van der Waals surface area contributed by atoms with Crippen LogP contribution < -0.4 is 0 Å². The van der Waals surface area contributed by atoms with E-state index in [1.165, 1.54) is 0 Å². The molecule has 0 fully saturated rings. The van der Waals surface area contributed by atoms with Gasteiger partial charge >= 0.3 is 0 Å². The van der Waals surface area contributed by atoms with Crippen LogP contribution in [0.1, 0.15) is 31.9 Å². The van der Waals surface area contributed by atoms with E-state index in [1.807, 2.05) is 6.07 Å². The molecule has 1 N–H and O–H groups in total. The van der Waals surface area contributed by atoms with E-state index >= 15 is 0 Å². The number of hydrogen-bond acceptors (Lipinski definition) is 1. The SMILES string of the molecule is CC(C)(C)c1cc(Cl)c(O)c(CCl)c1. The molecule has 0 unspecified atom stereocenters. The molecule has 0 atom stereocenters. The van der Waals surface area contributed by atoms with Crippen molar-refractivity contribution < 1.29 is 5.11 Å². The predicted octanol–water partition coefficient (Wildman–Crippen LogP) is 4.08. The maximum absolute atomic E-state index is 9.57. The van der Waals surface area contributed by atoms with Gasteiger partial charge in [-0.2, -0.15) is 0 Å². The van der Waals surface area contributed by atoms with Crippen LogP contribution in [0.2, 0.25) is 5.02 Å². The van der Waals surface area contributed by atoms with Crippen LogP contribution in [0.4, 0.5) is 0 Å². The first-order valence-electron chi connectivity index (χ1n) is 4.44. The average Bonchev–Trinajstić information content (AvgIpc) is 2.07. The molecule has 0 bridgehead atoms. The lowest BCUT2D eigenvalue weighted by atomic mass is 9.86. The van der Waals surface area contributed by atoms with Crippen molar-refractivity contribution in [1.82, 2.24) is 0 Å².